The van der Waals surface area contributed by atoms with Crippen molar-refractivity contribution >= 4 is 25.8 Å². The zero-order valence-electron chi connectivity index (χ0n) is 32.5. The second kappa shape index (κ2) is 18.5. The van der Waals surface area contributed by atoms with Gasteiger partial charge in [-0.05, 0) is 85.9 Å². The van der Waals surface area contributed by atoms with Gasteiger partial charge in [0.15, 0.2) is 0 Å². The number of para-hydroxylation sites is 4. The molecule has 0 fully saturated rings. The van der Waals surface area contributed by atoms with Crippen LogP contribution in [0.1, 0.15) is 25.2 Å². The molecular weight excluding hydrogens is 970 g/mol. The molecule has 8 rings (SSSR count). The van der Waals surface area contributed by atoms with Crippen molar-refractivity contribution in [1.82, 2.24) is 9.97 Å². The molecule has 0 saturated heterocycles. The summed E-state index contributed by atoms with van der Waals surface area (Å²) in [5.74, 6) is 1.66. The normalized spacial score (nSPS) is 11.5. The Hall–Kier alpha value is -6.03. The van der Waals surface area contributed by atoms with Gasteiger partial charge >= 0.3 is 36.3 Å². The van der Waals surface area contributed by atoms with Gasteiger partial charge in [0.25, 0.3) is 0 Å². The van der Waals surface area contributed by atoms with E-state index >= 15 is 0 Å². The Bertz CT molecular complexity index is 2500. The molecule has 0 aliphatic carbocycles. The van der Waals surface area contributed by atoms with Gasteiger partial charge in [-0.1, -0.05) is 97.1 Å². The van der Waals surface area contributed by atoms with Crippen LogP contribution < -0.4 is 28.7 Å². The van der Waals surface area contributed by atoms with Crippen molar-refractivity contribution in [2.24, 2.45) is 0 Å². The molecule has 300 valence electrons. The summed E-state index contributed by atoms with van der Waals surface area (Å²) >= 11 is 0. The summed E-state index contributed by atoms with van der Waals surface area (Å²) in [6.07, 6.45) is 0. The molecule has 0 spiro atoms. The second-order valence-electron chi connectivity index (χ2n) is 14.0. The molecule has 2 aromatic heterocycles. The average molecular weight is 1010 g/mol. The van der Waals surface area contributed by atoms with Crippen molar-refractivity contribution in [3.05, 3.63) is 218 Å². The molecular formula is C49H38N2O6P2Pt. The minimum Gasteiger partial charge on any atom is -0.414 e. The second-order valence-corrected chi connectivity index (χ2v) is 17.7. The van der Waals surface area contributed by atoms with Crippen LogP contribution in [-0.4, -0.2) is 9.97 Å². The number of hydrogen-bond donors (Lipinski definition) is 0. The van der Waals surface area contributed by atoms with Crippen LogP contribution in [0.5, 0.6) is 23.0 Å². The number of rotatable bonds is 14. The SMILES string of the molecule is CC(C)(c1cccc(-c2[c-]ccc(P(=O)(Oc3ccccc3)Oc3ccccc3)c2)n1)c1cccc(-c2[c-]ccc(P(=O)(Oc3ccccc3)Oc3ccccc3)c2)n1.[Pt+2]. The third-order valence-electron chi connectivity index (χ3n) is 9.41. The van der Waals surface area contributed by atoms with Gasteiger partial charge in [-0.3, -0.25) is 0 Å². The number of benzene rings is 6. The maximum absolute atomic E-state index is 14.6. The Morgan fingerprint density at radius 2 is 0.750 bits per heavy atom. The third-order valence-corrected chi connectivity index (χ3v) is 13.0. The predicted molar refractivity (Wildman–Crippen MR) is 232 cm³/mol. The smallest absolute Gasteiger partial charge is 0.414 e. The first kappa shape index (κ1) is 42.1. The minimum absolute atomic E-state index is 0. The fraction of sp³-hybridized carbons (Fsp3) is 0.0612. The van der Waals surface area contributed by atoms with E-state index in [1.54, 1.807) is 84.9 Å². The zero-order valence-corrected chi connectivity index (χ0v) is 36.6. The molecule has 0 aliphatic rings. The van der Waals surface area contributed by atoms with Gasteiger partial charge in [0.2, 0.25) is 0 Å². The van der Waals surface area contributed by atoms with Gasteiger partial charge in [-0.15, -0.1) is 59.7 Å². The first-order chi connectivity index (χ1) is 28.7. The quantitative estimate of drug-likeness (QED) is 0.0785. The molecule has 0 atom stereocenters. The van der Waals surface area contributed by atoms with Crippen LogP contribution in [0.4, 0.5) is 0 Å². The molecule has 0 bridgehead atoms. The van der Waals surface area contributed by atoms with Gasteiger partial charge in [0, 0.05) is 27.4 Å². The van der Waals surface area contributed by atoms with E-state index in [-0.39, 0.29) is 21.1 Å². The Balaban J connectivity index is 0.00000544. The molecule has 0 amide bonds. The van der Waals surface area contributed by atoms with E-state index in [1.807, 2.05) is 109 Å². The third kappa shape index (κ3) is 9.70. The zero-order chi connectivity index (χ0) is 40.7. The average Bonchev–Trinajstić information content (AvgIpc) is 3.28. The molecule has 6 aromatic carbocycles. The fourth-order valence-electron chi connectivity index (χ4n) is 6.27. The van der Waals surface area contributed by atoms with Crippen LogP contribution in [-0.2, 0) is 35.6 Å². The number of nitrogens with zero attached hydrogens (tertiary/aromatic N) is 2. The summed E-state index contributed by atoms with van der Waals surface area (Å²) in [5.41, 5.74) is 3.28. The summed E-state index contributed by atoms with van der Waals surface area (Å²) in [6.45, 7) is 4.10. The van der Waals surface area contributed by atoms with Crippen LogP contribution in [0.25, 0.3) is 22.5 Å². The Kier molecular flexibility index (Phi) is 13.0. The molecule has 60 heavy (non-hydrogen) atoms. The predicted octanol–water partition coefficient (Wildman–Crippen LogP) is 11.7. The molecule has 0 saturated carbocycles. The summed E-state index contributed by atoms with van der Waals surface area (Å²) in [4.78, 5) is 10.2. The maximum Gasteiger partial charge on any atom is 2.00 e. The molecule has 2 heterocycles. The van der Waals surface area contributed by atoms with Crippen molar-refractivity contribution in [2.45, 2.75) is 19.3 Å². The van der Waals surface area contributed by atoms with Crippen molar-refractivity contribution in [1.29, 1.82) is 0 Å². The fourth-order valence-corrected chi connectivity index (χ4v) is 9.45. The van der Waals surface area contributed by atoms with E-state index in [9.17, 15) is 9.13 Å². The van der Waals surface area contributed by atoms with E-state index in [0.717, 1.165) is 11.4 Å². The Morgan fingerprint density at radius 3 is 1.07 bits per heavy atom. The van der Waals surface area contributed by atoms with E-state index in [0.29, 0.717) is 56.1 Å². The van der Waals surface area contributed by atoms with Crippen molar-refractivity contribution < 1.29 is 48.3 Å². The van der Waals surface area contributed by atoms with Crippen molar-refractivity contribution in [3.63, 3.8) is 0 Å². The van der Waals surface area contributed by atoms with Gasteiger partial charge in [0.1, 0.15) is 23.0 Å². The van der Waals surface area contributed by atoms with E-state index in [2.05, 4.69) is 26.0 Å². The largest absolute Gasteiger partial charge is 2.00 e. The van der Waals surface area contributed by atoms with Crippen LogP contribution in [0.15, 0.2) is 194 Å². The summed E-state index contributed by atoms with van der Waals surface area (Å²) < 4.78 is 53.7. The standard InChI is InChI=1S/C49H38N2O6P2.Pt/c1-49(2,47-33-17-31-45(50-47)37-19-15-29-43(35-37)58(52,54-39-21-7-3-8-22-39)55-40-23-9-4-10-24-40)48-34-18-32-46(51-48)38-20-16-30-44(36-38)59(53,56-41-25-11-5-12-26-41)57-42-27-13-6-14-28-42;/h3-18,21-36H,1-2H3;/q-2;+2. The van der Waals surface area contributed by atoms with Gasteiger partial charge in [-0.25, -0.2) is 9.13 Å². The van der Waals surface area contributed by atoms with Crippen LogP contribution >= 0.6 is 15.2 Å². The first-order valence-electron chi connectivity index (χ1n) is 18.9. The number of hydrogen-bond acceptors (Lipinski definition) is 8. The van der Waals surface area contributed by atoms with Crippen LogP contribution in [0.3, 0.4) is 0 Å². The molecule has 11 heteroatoms. The van der Waals surface area contributed by atoms with Crippen LogP contribution in [0.2, 0.25) is 0 Å². The Labute approximate surface area is 364 Å². The summed E-state index contributed by atoms with van der Waals surface area (Å²) in [7, 11) is -7.87. The van der Waals surface area contributed by atoms with E-state index in [1.165, 1.54) is 0 Å². The molecule has 0 aliphatic heterocycles. The number of pyridine rings is 2. The molecule has 8 nitrogen and oxygen atoms in total. The monoisotopic (exact) mass is 1010 g/mol. The summed E-state index contributed by atoms with van der Waals surface area (Å²) in [6, 6.07) is 64.1. The molecule has 0 N–H and O–H groups in total. The topological polar surface area (TPSA) is 96.8 Å². The van der Waals surface area contributed by atoms with Crippen molar-refractivity contribution in [3.8, 4) is 45.5 Å². The van der Waals surface area contributed by atoms with Gasteiger partial charge in [0.05, 0.1) is 0 Å². The maximum atomic E-state index is 14.6. The first-order valence-corrected chi connectivity index (χ1v) is 21.9. The Morgan fingerprint density at radius 1 is 0.433 bits per heavy atom. The van der Waals surface area contributed by atoms with Crippen molar-refractivity contribution in [2.75, 3.05) is 0 Å². The molecule has 0 radical (unpaired) electrons. The summed E-state index contributed by atoms with van der Waals surface area (Å²) in [5, 5.41) is 0.706. The minimum atomic E-state index is -3.93. The van der Waals surface area contributed by atoms with E-state index in [4.69, 9.17) is 28.1 Å². The van der Waals surface area contributed by atoms with Gasteiger partial charge in [-0.2, -0.15) is 0 Å². The van der Waals surface area contributed by atoms with Gasteiger partial charge < -0.3 is 28.1 Å². The molecule has 8 aromatic rings. The molecule has 0 unspecified atom stereocenters. The van der Waals surface area contributed by atoms with E-state index < -0.39 is 20.6 Å². The number of aromatic nitrogens is 2. The van der Waals surface area contributed by atoms with Crippen LogP contribution in [0, 0.1) is 12.1 Å².